The summed E-state index contributed by atoms with van der Waals surface area (Å²) in [5.41, 5.74) is 0.925. The lowest BCUT2D eigenvalue weighted by Crippen LogP contribution is -1.86. The number of rotatable bonds is 0. The quantitative estimate of drug-likeness (QED) is 0.806. The minimum Gasteiger partial charge on any atom is -0.381 e. The summed E-state index contributed by atoms with van der Waals surface area (Å²) in [6.45, 7) is 2.12. The monoisotopic (exact) mass is 280 g/mol. The Hall–Kier alpha value is -0.870. The predicted molar refractivity (Wildman–Crippen MR) is 66.2 cm³/mol. The molecule has 2 aromatic heterocycles. The largest absolute Gasteiger partial charge is 0.381 e. The van der Waals surface area contributed by atoms with Gasteiger partial charge in [-0.15, -0.1) is 0 Å². The first-order valence-corrected chi connectivity index (χ1v) is 6.29. The summed E-state index contributed by atoms with van der Waals surface area (Å²) in [6.07, 6.45) is 5.11. The SMILES string of the molecule is Brc1c[nH]c2ncccc12.C1OCC2CC12. The van der Waals surface area contributed by atoms with Crippen LogP contribution in [-0.2, 0) is 4.74 Å². The molecule has 1 aliphatic carbocycles. The number of ether oxygens (including phenoxy) is 1. The Morgan fingerprint density at radius 3 is 2.75 bits per heavy atom. The van der Waals surface area contributed by atoms with E-state index in [0.717, 1.165) is 40.6 Å². The number of pyridine rings is 1. The number of nitrogens with zero attached hydrogens (tertiary/aromatic N) is 1. The number of fused-ring (bicyclic) bond motifs is 2. The zero-order valence-electron chi connectivity index (χ0n) is 8.82. The van der Waals surface area contributed by atoms with Gasteiger partial charge in [-0.1, -0.05) is 0 Å². The Morgan fingerprint density at radius 2 is 2.19 bits per heavy atom. The third kappa shape index (κ3) is 1.99. The zero-order valence-corrected chi connectivity index (χ0v) is 10.4. The van der Waals surface area contributed by atoms with Gasteiger partial charge in [0.05, 0.1) is 0 Å². The summed E-state index contributed by atoms with van der Waals surface area (Å²) in [5, 5.41) is 1.13. The molecule has 0 amide bonds. The topological polar surface area (TPSA) is 37.9 Å². The van der Waals surface area contributed by atoms with Gasteiger partial charge in [0.1, 0.15) is 5.65 Å². The van der Waals surface area contributed by atoms with Crippen molar-refractivity contribution in [2.45, 2.75) is 6.42 Å². The molecule has 2 atom stereocenters. The van der Waals surface area contributed by atoms with Gasteiger partial charge in [-0.05, 0) is 46.3 Å². The molecule has 3 heterocycles. The van der Waals surface area contributed by atoms with Gasteiger partial charge in [0.2, 0.25) is 0 Å². The minimum atomic E-state index is 0.925. The fourth-order valence-electron chi connectivity index (χ4n) is 2.01. The van der Waals surface area contributed by atoms with E-state index in [-0.39, 0.29) is 0 Å². The van der Waals surface area contributed by atoms with E-state index in [9.17, 15) is 0 Å². The maximum atomic E-state index is 5.11. The van der Waals surface area contributed by atoms with E-state index in [1.807, 2.05) is 18.3 Å². The van der Waals surface area contributed by atoms with E-state index in [4.69, 9.17) is 4.74 Å². The van der Waals surface area contributed by atoms with Crippen molar-refractivity contribution in [1.82, 2.24) is 9.97 Å². The maximum Gasteiger partial charge on any atom is 0.138 e. The third-order valence-corrected chi connectivity index (χ3v) is 3.79. The summed E-state index contributed by atoms with van der Waals surface area (Å²) in [6, 6.07) is 3.93. The second-order valence-corrected chi connectivity index (χ2v) is 5.18. The first-order chi connectivity index (χ1) is 7.84. The molecule has 4 heteroatoms. The molecule has 0 bridgehead atoms. The van der Waals surface area contributed by atoms with Gasteiger partial charge in [0.25, 0.3) is 0 Å². The van der Waals surface area contributed by atoms with Crippen LogP contribution in [-0.4, -0.2) is 23.2 Å². The molecule has 0 spiro atoms. The van der Waals surface area contributed by atoms with Crippen molar-refractivity contribution in [3.05, 3.63) is 29.0 Å². The predicted octanol–water partition coefficient (Wildman–Crippen LogP) is 2.98. The van der Waals surface area contributed by atoms with Gasteiger partial charge in [0, 0.05) is 35.5 Å². The van der Waals surface area contributed by atoms with Crippen LogP contribution in [0.3, 0.4) is 0 Å². The molecule has 3 nitrogen and oxygen atoms in total. The molecule has 0 aromatic carbocycles. The van der Waals surface area contributed by atoms with E-state index >= 15 is 0 Å². The summed E-state index contributed by atoms with van der Waals surface area (Å²) < 4.78 is 6.17. The molecule has 2 aliphatic rings. The van der Waals surface area contributed by atoms with Crippen LogP contribution in [0.5, 0.6) is 0 Å². The highest BCUT2D eigenvalue weighted by atomic mass is 79.9. The maximum absolute atomic E-state index is 5.11. The number of nitrogens with one attached hydrogen (secondary N) is 1. The number of halogens is 1. The lowest BCUT2D eigenvalue weighted by Gasteiger charge is -1.87. The molecule has 2 fully saturated rings. The second kappa shape index (κ2) is 4.18. The van der Waals surface area contributed by atoms with E-state index in [1.54, 1.807) is 6.20 Å². The highest BCUT2D eigenvalue weighted by Crippen LogP contribution is 2.43. The number of hydrogen-bond acceptors (Lipinski definition) is 2. The Balaban J connectivity index is 0.000000114. The van der Waals surface area contributed by atoms with Crippen LogP contribution in [0.2, 0.25) is 0 Å². The van der Waals surface area contributed by atoms with E-state index in [1.165, 1.54) is 6.42 Å². The number of aromatic nitrogens is 2. The summed E-state index contributed by atoms with van der Waals surface area (Å²) in [7, 11) is 0. The third-order valence-electron chi connectivity index (χ3n) is 3.13. The lowest BCUT2D eigenvalue weighted by molar-refractivity contribution is 0.165. The number of aromatic amines is 1. The highest BCUT2D eigenvalue weighted by molar-refractivity contribution is 9.10. The van der Waals surface area contributed by atoms with Crippen LogP contribution in [0.15, 0.2) is 29.0 Å². The van der Waals surface area contributed by atoms with Crippen molar-refractivity contribution in [2.24, 2.45) is 11.8 Å². The van der Waals surface area contributed by atoms with Crippen LogP contribution in [0.1, 0.15) is 6.42 Å². The van der Waals surface area contributed by atoms with E-state index < -0.39 is 0 Å². The van der Waals surface area contributed by atoms with Crippen molar-refractivity contribution in [3.63, 3.8) is 0 Å². The first kappa shape index (κ1) is 10.3. The van der Waals surface area contributed by atoms with Crippen molar-refractivity contribution >= 4 is 27.0 Å². The lowest BCUT2D eigenvalue weighted by atomic mass is 10.3. The molecular formula is C12H13BrN2O. The van der Waals surface area contributed by atoms with Crippen LogP contribution in [0, 0.1) is 11.8 Å². The van der Waals surface area contributed by atoms with Gasteiger partial charge in [-0.25, -0.2) is 4.98 Å². The summed E-state index contributed by atoms with van der Waals surface area (Å²) in [4.78, 5) is 7.15. The van der Waals surface area contributed by atoms with Gasteiger partial charge in [-0.3, -0.25) is 0 Å². The molecule has 1 saturated carbocycles. The molecular weight excluding hydrogens is 268 g/mol. The Bertz CT molecular complexity index is 488. The molecule has 4 rings (SSSR count). The average molecular weight is 281 g/mol. The van der Waals surface area contributed by atoms with Gasteiger partial charge >= 0.3 is 0 Å². The fourth-order valence-corrected chi connectivity index (χ4v) is 2.45. The smallest absolute Gasteiger partial charge is 0.138 e. The fraction of sp³-hybridized carbons (Fsp3) is 0.417. The molecule has 1 N–H and O–H groups in total. The average Bonchev–Trinajstić information content (AvgIpc) is 2.75. The standard InChI is InChI=1S/C7H5BrN2.C5H8O/c8-6-4-10-7-5(6)2-1-3-9-7;1-4-2-6-3-5(1)4/h1-4H,(H,9,10);4-5H,1-3H2. The Morgan fingerprint density at radius 1 is 1.38 bits per heavy atom. The van der Waals surface area contributed by atoms with E-state index in [2.05, 4.69) is 25.9 Å². The summed E-state index contributed by atoms with van der Waals surface area (Å²) in [5.74, 6) is 1.98. The number of hydrogen-bond donors (Lipinski definition) is 1. The van der Waals surface area contributed by atoms with Crippen molar-refractivity contribution in [1.29, 1.82) is 0 Å². The van der Waals surface area contributed by atoms with Crippen molar-refractivity contribution < 1.29 is 4.74 Å². The first-order valence-electron chi connectivity index (χ1n) is 5.50. The molecule has 2 unspecified atom stereocenters. The molecule has 84 valence electrons. The molecule has 1 saturated heterocycles. The van der Waals surface area contributed by atoms with Gasteiger partial charge < -0.3 is 9.72 Å². The van der Waals surface area contributed by atoms with E-state index in [0.29, 0.717) is 0 Å². The highest BCUT2D eigenvalue weighted by Gasteiger charge is 2.41. The van der Waals surface area contributed by atoms with Gasteiger partial charge in [0.15, 0.2) is 0 Å². The van der Waals surface area contributed by atoms with Crippen LogP contribution < -0.4 is 0 Å². The second-order valence-electron chi connectivity index (χ2n) is 4.33. The number of H-pyrrole nitrogens is 1. The van der Waals surface area contributed by atoms with Crippen molar-refractivity contribution in [2.75, 3.05) is 13.2 Å². The molecule has 1 aliphatic heterocycles. The minimum absolute atomic E-state index is 0.925. The zero-order chi connectivity index (χ0) is 11.0. The molecule has 16 heavy (non-hydrogen) atoms. The Kier molecular flexibility index (Phi) is 2.69. The van der Waals surface area contributed by atoms with Crippen LogP contribution >= 0.6 is 15.9 Å². The molecule has 0 radical (unpaired) electrons. The molecule has 2 aromatic rings. The Labute approximate surface area is 102 Å². The van der Waals surface area contributed by atoms with Crippen molar-refractivity contribution in [3.8, 4) is 0 Å². The summed E-state index contributed by atoms with van der Waals surface area (Å²) >= 11 is 3.40. The van der Waals surface area contributed by atoms with Crippen LogP contribution in [0.25, 0.3) is 11.0 Å². The normalized spacial score (nSPS) is 26.1. The van der Waals surface area contributed by atoms with Crippen LogP contribution in [0.4, 0.5) is 0 Å². The van der Waals surface area contributed by atoms with Gasteiger partial charge in [-0.2, -0.15) is 0 Å².